The van der Waals surface area contributed by atoms with E-state index in [-0.39, 0.29) is 0 Å². The number of rotatable bonds is 5. The highest BCUT2D eigenvalue weighted by Gasteiger charge is 2.16. The van der Waals surface area contributed by atoms with Gasteiger partial charge in [0, 0.05) is 38.4 Å². The quantitative estimate of drug-likeness (QED) is 0.561. The van der Waals surface area contributed by atoms with Crippen molar-refractivity contribution in [2.24, 2.45) is 0 Å². The van der Waals surface area contributed by atoms with Crippen LogP contribution < -0.4 is 4.90 Å². The summed E-state index contributed by atoms with van der Waals surface area (Å²) in [5.41, 5.74) is 1.29. The summed E-state index contributed by atoms with van der Waals surface area (Å²) in [6.45, 7) is 5.96. The van der Waals surface area contributed by atoms with E-state index < -0.39 is 0 Å². The molecule has 4 heteroatoms. The van der Waals surface area contributed by atoms with Crippen LogP contribution in [0.15, 0.2) is 30.3 Å². The van der Waals surface area contributed by atoms with Gasteiger partial charge >= 0.3 is 0 Å². The standard InChI is InChI=1S/C13H18N2O2/c16-12-17-11-10-14-6-8-15(9-7-14)13-4-2-1-3-5-13/h1-5,12H,6-11H2. The lowest BCUT2D eigenvalue weighted by Crippen LogP contribution is -2.47. The second-order valence-electron chi connectivity index (χ2n) is 4.13. The molecular formula is C13H18N2O2. The Morgan fingerprint density at radius 1 is 1.12 bits per heavy atom. The molecule has 1 aromatic rings. The summed E-state index contributed by atoms with van der Waals surface area (Å²) in [6.07, 6.45) is 0. The summed E-state index contributed by atoms with van der Waals surface area (Å²) in [5, 5.41) is 0. The Labute approximate surface area is 102 Å². The Bertz CT molecular complexity index is 335. The van der Waals surface area contributed by atoms with Gasteiger partial charge in [-0.05, 0) is 12.1 Å². The van der Waals surface area contributed by atoms with E-state index in [1.807, 2.05) is 6.07 Å². The molecule has 1 saturated heterocycles. The first kappa shape index (κ1) is 11.9. The Morgan fingerprint density at radius 2 is 1.82 bits per heavy atom. The summed E-state index contributed by atoms with van der Waals surface area (Å²) in [7, 11) is 0. The number of carbonyl (C=O) groups is 1. The molecule has 92 valence electrons. The highest BCUT2D eigenvalue weighted by molar-refractivity contribution is 5.46. The van der Waals surface area contributed by atoms with Crippen molar-refractivity contribution >= 4 is 12.2 Å². The van der Waals surface area contributed by atoms with Crippen LogP contribution >= 0.6 is 0 Å². The molecule has 4 nitrogen and oxygen atoms in total. The molecule has 0 unspecified atom stereocenters. The van der Waals surface area contributed by atoms with Crippen LogP contribution in [0.25, 0.3) is 0 Å². The number of ether oxygens (including phenoxy) is 1. The molecule has 0 N–H and O–H groups in total. The number of anilines is 1. The predicted octanol–water partition coefficient (Wildman–Crippen LogP) is 0.982. The molecule has 1 heterocycles. The maximum atomic E-state index is 10.0. The largest absolute Gasteiger partial charge is 0.467 e. The molecule has 1 aliphatic heterocycles. The molecule has 0 spiro atoms. The van der Waals surface area contributed by atoms with Crippen LogP contribution in [0.4, 0.5) is 5.69 Å². The fourth-order valence-corrected chi connectivity index (χ4v) is 2.10. The van der Waals surface area contributed by atoms with Gasteiger partial charge in [-0.25, -0.2) is 0 Å². The molecule has 1 fully saturated rings. The maximum Gasteiger partial charge on any atom is 0.293 e. The van der Waals surface area contributed by atoms with Gasteiger partial charge in [0.1, 0.15) is 6.61 Å². The number of nitrogens with zero attached hydrogens (tertiary/aromatic N) is 2. The van der Waals surface area contributed by atoms with Gasteiger partial charge in [0.25, 0.3) is 6.47 Å². The van der Waals surface area contributed by atoms with Gasteiger partial charge in [-0.15, -0.1) is 0 Å². The molecule has 1 aliphatic rings. The van der Waals surface area contributed by atoms with Crippen LogP contribution in [0.3, 0.4) is 0 Å². The van der Waals surface area contributed by atoms with Gasteiger partial charge in [0.2, 0.25) is 0 Å². The number of hydrogen-bond acceptors (Lipinski definition) is 4. The van der Waals surface area contributed by atoms with Crippen molar-refractivity contribution in [2.75, 3.05) is 44.2 Å². The van der Waals surface area contributed by atoms with Crippen LogP contribution in [-0.2, 0) is 9.53 Å². The number of carbonyl (C=O) groups excluding carboxylic acids is 1. The maximum absolute atomic E-state index is 10.0. The lowest BCUT2D eigenvalue weighted by atomic mass is 10.2. The van der Waals surface area contributed by atoms with Gasteiger partial charge in [-0.2, -0.15) is 0 Å². The summed E-state index contributed by atoms with van der Waals surface area (Å²) < 4.78 is 4.71. The fourth-order valence-electron chi connectivity index (χ4n) is 2.10. The average Bonchev–Trinajstić information content (AvgIpc) is 2.41. The summed E-state index contributed by atoms with van der Waals surface area (Å²) in [4.78, 5) is 14.7. The normalized spacial score (nSPS) is 16.8. The van der Waals surface area contributed by atoms with Gasteiger partial charge in [0.15, 0.2) is 0 Å². The van der Waals surface area contributed by atoms with Crippen molar-refractivity contribution in [3.63, 3.8) is 0 Å². The molecule has 2 rings (SSSR count). The zero-order valence-corrected chi connectivity index (χ0v) is 9.92. The van der Waals surface area contributed by atoms with Crippen LogP contribution in [-0.4, -0.2) is 50.7 Å². The number of hydrogen-bond donors (Lipinski definition) is 0. The monoisotopic (exact) mass is 234 g/mol. The molecular weight excluding hydrogens is 216 g/mol. The fraction of sp³-hybridized carbons (Fsp3) is 0.462. The molecule has 0 amide bonds. The predicted molar refractivity (Wildman–Crippen MR) is 67.1 cm³/mol. The molecule has 0 aliphatic carbocycles. The second kappa shape index (κ2) is 6.25. The highest BCUT2D eigenvalue weighted by atomic mass is 16.5. The Morgan fingerprint density at radius 3 is 2.47 bits per heavy atom. The van der Waals surface area contributed by atoms with Crippen LogP contribution in [0, 0.1) is 0 Å². The van der Waals surface area contributed by atoms with Crippen LogP contribution in [0.2, 0.25) is 0 Å². The lowest BCUT2D eigenvalue weighted by molar-refractivity contribution is -0.129. The first-order valence-electron chi connectivity index (χ1n) is 5.98. The van der Waals surface area contributed by atoms with Crippen molar-refractivity contribution in [2.45, 2.75) is 0 Å². The number of para-hydroxylation sites is 1. The summed E-state index contributed by atoms with van der Waals surface area (Å²) in [6, 6.07) is 10.5. The van der Waals surface area contributed by atoms with Gasteiger partial charge in [-0.1, -0.05) is 18.2 Å². The zero-order chi connectivity index (χ0) is 11.9. The molecule has 0 saturated carbocycles. The van der Waals surface area contributed by atoms with E-state index in [9.17, 15) is 4.79 Å². The smallest absolute Gasteiger partial charge is 0.293 e. The molecule has 0 radical (unpaired) electrons. The van der Waals surface area contributed by atoms with E-state index in [0.717, 1.165) is 32.7 Å². The van der Waals surface area contributed by atoms with Crippen molar-refractivity contribution in [1.29, 1.82) is 0 Å². The van der Waals surface area contributed by atoms with Crippen molar-refractivity contribution in [3.05, 3.63) is 30.3 Å². The third-order valence-corrected chi connectivity index (χ3v) is 3.09. The van der Waals surface area contributed by atoms with Crippen molar-refractivity contribution in [1.82, 2.24) is 4.90 Å². The molecule has 0 atom stereocenters. The minimum atomic E-state index is 0.495. The molecule has 0 bridgehead atoms. The Balaban J connectivity index is 1.76. The average molecular weight is 234 g/mol. The SMILES string of the molecule is O=COCCN1CCN(c2ccccc2)CC1. The molecule has 17 heavy (non-hydrogen) atoms. The zero-order valence-electron chi connectivity index (χ0n) is 9.92. The third kappa shape index (κ3) is 3.46. The van der Waals surface area contributed by atoms with E-state index in [1.54, 1.807) is 0 Å². The Hall–Kier alpha value is -1.55. The summed E-state index contributed by atoms with van der Waals surface area (Å²) >= 11 is 0. The van der Waals surface area contributed by atoms with E-state index in [0.29, 0.717) is 13.1 Å². The van der Waals surface area contributed by atoms with E-state index in [1.165, 1.54) is 5.69 Å². The minimum Gasteiger partial charge on any atom is -0.467 e. The third-order valence-electron chi connectivity index (χ3n) is 3.09. The summed E-state index contributed by atoms with van der Waals surface area (Å²) in [5.74, 6) is 0. The van der Waals surface area contributed by atoms with Gasteiger partial charge < -0.3 is 9.64 Å². The minimum absolute atomic E-state index is 0.495. The Kier molecular flexibility index (Phi) is 4.38. The van der Waals surface area contributed by atoms with E-state index in [2.05, 4.69) is 34.1 Å². The number of piperazine rings is 1. The lowest BCUT2D eigenvalue weighted by Gasteiger charge is -2.35. The van der Waals surface area contributed by atoms with E-state index >= 15 is 0 Å². The first-order chi connectivity index (χ1) is 8.40. The first-order valence-corrected chi connectivity index (χ1v) is 5.98. The van der Waals surface area contributed by atoms with Crippen LogP contribution in [0.1, 0.15) is 0 Å². The van der Waals surface area contributed by atoms with Crippen molar-refractivity contribution < 1.29 is 9.53 Å². The van der Waals surface area contributed by atoms with Gasteiger partial charge in [-0.3, -0.25) is 9.69 Å². The van der Waals surface area contributed by atoms with E-state index in [4.69, 9.17) is 4.74 Å². The van der Waals surface area contributed by atoms with Crippen LogP contribution in [0.5, 0.6) is 0 Å². The van der Waals surface area contributed by atoms with Crippen molar-refractivity contribution in [3.8, 4) is 0 Å². The molecule has 0 aromatic heterocycles. The topological polar surface area (TPSA) is 32.8 Å². The second-order valence-corrected chi connectivity index (χ2v) is 4.13. The number of benzene rings is 1. The van der Waals surface area contributed by atoms with Gasteiger partial charge in [0.05, 0.1) is 0 Å². The molecule has 1 aromatic carbocycles. The highest BCUT2D eigenvalue weighted by Crippen LogP contribution is 2.15.